The lowest BCUT2D eigenvalue weighted by molar-refractivity contribution is 0.101. The van der Waals surface area contributed by atoms with Crippen LogP contribution in [0.1, 0.15) is 15.9 Å². The third-order valence-corrected chi connectivity index (χ3v) is 2.44. The Morgan fingerprint density at radius 1 is 1.64 bits per heavy atom. The first kappa shape index (κ1) is 11.4. The van der Waals surface area contributed by atoms with E-state index < -0.39 is 11.6 Å². The molecule has 1 aromatic rings. The van der Waals surface area contributed by atoms with Crippen molar-refractivity contribution in [1.29, 1.82) is 5.26 Å². The third-order valence-electron chi connectivity index (χ3n) is 1.58. The fraction of sp³-hybridized carbons (Fsp3) is 0.111. The molecule has 0 aromatic heterocycles. The molecular weight excluding hydrogens is 319 g/mol. The van der Waals surface area contributed by atoms with E-state index in [9.17, 15) is 9.18 Å². The highest BCUT2D eigenvalue weighted by Crippen LogP contribution is 2.18. The molecule has 0 heterocycles. The summed E-state index contributed by atoms with van der Waals surface area (Å²) in [6, 6.07) is 4.41. The molecule has 0 atom stereocenters. The molecule has 0 fully saturated rings. The molecule has 72 valence electrons. The normalized spacial score (nSPS) is 9.57. The standard InChI is InChI=1S/C9H4ClFINO/c10-3-8(14)9-5(4-13)1-6(12)2-7(9)11/h1-2H,3H2. The number of benzene rings is 1. The number of hydrogen-bond acceptors (Lipinski definition) is 2. The van der Waals surface area contributed by atoms with Crippen molar-refractivity contribution in [2.45, 2.75) is 0 Å². The molecule has 2 nitrogen and oxygen atoms in total. The summed E-state index contributed by atoms with van der Waals surface area (Å²) in [7, 11) is 0. The molecule has 0 aliphatic carbocycles. The van der Waals surface area contributed by atoms with Gasteiger partial charge in [-0.05, 0) is 34.7 Å². The Kier molecular flexibility index (Phi) is 3.84. The second kappa shape index (κ2) is 4.71. The number of carbonyl (C=O) groups is 1. The lowest BCUT2D eigenvalue weighted by Crippen LogP contribution is -2.07. The van der Waals surface area contributed by atoms with Crippen LogP contribution in [0.2, 0.25) is 0 Å². The Bertz CT molecular complexity index is 428. The molecule has 1 rings (SSSR count). The number of nitriles is 1. The van der Waals surface area contributed by atoms with Crippen LogP contribution in [0.25, 0.3) is 0 Å². The summed E-state index contributed by atoms with van der Waals surface area (Å²) in [6.45, 7) is 0. The van der Waals surface area contributed by atoms with Crippen molar-refractivity contribution in [3.63, 3.8) is 0 Å². The fourth-order valence-electron chi connectivity index (χ4n) is 1.01. The Balaban J connectivity index is 3.42. The maximum absolute atomic E-state index is 13.3. The molecule has 0 radical (unpaired) electrons. The number of halogens is 3. The first-order valence-corrected chi connectivity index (χ1v) is 5.19. The van der Waals surface area contributed by atoms with E-state index in [1.807, 2.05) is 22.6 Å². The van der Waals surface area contributed by atoms with Crippen molar-refractivity contribution in [3.8, 4) is 6.07 Å². The molecule has 0 saturated heterocycles. The zero-order valence-electron chi connectivity index (χ0n) is 6.85. The van der Waals surface area contributed by atoms with Crippen molar-refractivity contribution in [2.24, 2.45) is 0 Å². The number of Topliss-reactive ketones (excluding diaryl/α,β-unsaturated/α-hetero) is 1. The second-order valence-corrected chi connectivity index (χ2v) is 3.99. The van der Waals surface area contributed by atoms with E-state index in [0.717, 1.165) is 0 Å². The predicted octanol–water partition coefficient (Wildman–Crippen LogP) is 2.72. The summed E-state index contributed by atoms with van der Waals surface area (Å²) in [5.74, 6) is -1.59. The summed E-state index contributed by atoms with van der Waals surface area (Å²) in [5, 5.41) is 8.70. The van der Waals surface area contributed by atoms with Gasteiger partial charge in [-0.25, -0.2) is 4.39 Å². The lowest BCUT2D eigenvalue weighted by Gasteiger charge is -2.02. The summed E-state index contributed by atoms with van der Waals surface area (Å²) in [5.41, 5.74) is -0.192. The molecule has 0 aliphatic heterocycles. The van der Waals surface area contributed by atoms with Crippen molar-refractivity contribution in [3.05, 3.63) is 32.6 Å². The number of rotatable bonds is 2. The quantitative estimate of drug-likeness (QED) is 0.477. The van der Waals surface area contributed by atoms with Gasteiger partial charge in [-0.15, -0.1) is 11.6 Å². The zero-order valence-corrected chi connectivity index (χ0v) is 9.76. The van der Waals surface area contributed by atoms with Crippen molar-refractivity contribution in [1.82, 2.24) is 0 Å². The maximum atomic E-state index is 13.3. The van der Waals surface area contributed by atoms with E-state index in [4.69, 9.17) is 16.9 Å². The van der Waals surface area contributed by atoms with Crippen LogP contribution < -0.4 is 0 Å². The van der Waals surface area contributed by atoms with Gasteiger partial charge >= 0.3 is 0 Å². The minimum absolute atomic E-state index is 0.0278. The molecule has 0 amide bonds. The van der Waals surface area contributed by atoms with Gasteiger partial charge in [-0.1, -0.05) is 0 Å². The van der Waals surface area contributed by atoms with E-state index in [1.54, 1.807) is 6.07 Å². The zero-order chi connectivity index (χ0) is 10.7. The Labute approximate surface area is 98.8 Å². The molecule has 0 N–H and O–H groups in total. The number of alkyl halides is 1. The van der Waals surface area contributed by atoms with Gasteiger partial charge in [0.15, 0.2) is 5.78 Å². The third kappa shape index (κ3) is 2.22. The molecule has 0 spiro atoms. The average molecular weight is 323 g/mol. The predicted molar refractivity (Wildman–Crippen MR) is 58.9 cm³/mol. The number of nitrogens with zero attached hydrogens (tertiary/aromatic N) is 1. The maximum Gasteiger partial charge on any atom is 0.181 e. The molecule has 1 aromatic carbocycles. The summed E-state index contributed by atoms with van der Waals surface area (Å²) < 4.78 is 13.9. The van der Waals surface area contributed by atoms with E-state index in [2.05, 4.69) is 0 Å². The minimum Gasteiger partial charge on any atom is -0.293 e. The number of carbonyl (C=O) groups excluding carboxylic acids is 1. The van der Waals surface area contributed by atoms with Crippen LogP contribution in [0.3, 0.4) is 0 Å². The molecule has 0 unspecified atom stereocenters. The monoisotopic (exact) mass is 323 g/mol. The van der Waals surface area contributed by atoms with E-state index in [0.29, 0.717) is 3.57 Å². The van der Waals surface area contributed by atoms with Crippen LogP contribution in [0.15, 0.2) is 12.1 Å². The Hall–Kier alpha value is -0.670. The van der Waals surface area contributed by atoms with Gasteiger partial charge in [0, 0.05) is 3.57 Å². The van der Waals surface area contributed by atoms with Gasteiger partial charge in [0.1, 0.15) is 11.9 Å². The van der Waals surface area contributed by atoms with Gasteiger partial charge in [0.05, 0.1) is 17.0 Å². The lowest BCUT2D eigenvalue weighted by atomic mass is 10.0. The summed E-state index contributed by atoms with van der Waals surface area (Å²) in [6.07, 6.45) is 0. The topological polar surface area (TPSA) is 40.9 Å². The number of hydrogen-bond donors (Lipinski definition) is 0. The molecular formula is C9H4ClFINO. The fourth-order valence-corrected chi connectivity index (χ4v) is 1.73. The highest BCUT2D eigenvalue weighted by Gasteiger charge is 2.16. The second-order valence-electron chi connectivity index (χ2n) is 2.48. The van der Waals surface area contributed by atoms with Crippen LogP contribution in [0, 0.1) is 20.7 Å². The molecule has 0 aliphatic rings. The van der Waals surface area contributed by atoms with Crippen LogP contribution in [0.5, 0.6) is 0 Å². The van der Waals surface area contributed by atoms with Crippen LogP contribution in [0.4, 0.5) is 4.39 Å². The van der Waals surface area contributed by atoms with Crippen molar-refractivity contribution >= 4 is 40.0 Å². The van der Waals surface area contributed by atoms with Crippen LogP contribution >= 0.6 is 34.2 Å². The minimum atomic E-state index is -0.695. The van der Waals surface area contributed by atoms with Gasteiger partial charge in [0.25, 0.3) is 0 Å². The van der Waals surface area contributed by atoms with Gasteiger partial charge < -0.3 is 0 Å². The van der Waals surface area contributed by atoms with Crippen molar-refractivity contribution in [2.75, 3.05) is 5.88 Å². The molecule has 0 saturated carbocycles. The highest BCUT2D eigenvalue weighted by atomic mass is 127. The summed E-state index contributed by atoms with van der Waals surface area (Å²) in [4.78, 5) is 11.2. The number of ketones is 1. The first-order valence-electron chi connectivity index (χ1n) is 3.58. The van der Waals surface area contributed by atoms with E-state index in [1.165, 1.54) is 12.1 Å². The van der Waals surface area contributed by atoms with Crippen molar-refractivity contribution < 1.29 is 9.18 Å². The molecule has 5 heteroatoms. The first-order chi connectivity index (χ1) is 6.60. The Morgan fingerprint density at radius 2 is 2.29 bits per heavy atom. The summed E-state index contributed by atoms with van der Waals surface area (Å²) >= 11 is 7.17. The van der Waals surface area contributed by atoms with E-state index >= 15 is 0 Å². The smallest absolute Gasteiger partial charge is 0.181 e. The largest absolute Gasteiger partial charge is 0.293 e. The van der Waals surface area contributed by atoms with Gasteiger partial charge in [-0.2, -0.15) is 5.26 Å². The van der Waals surface area contributed by atoms with E-state index in [-0.39, 0.29) is 17.0 Å². The van der Waals surface area contributed by atoms with Gasteiger partial charge in [-0.3, -0.25) is 4.79 Å². The molecule has 0 bridgehead atoms. The Morgan fingerprint density at radius 3 is 2.79 bits per heavy atom. The molecule has 14 heavy (non-hydrogen) atoms. The highest BCUT2D eigenvalue weighted by molar-refractivity contribution is 14.1. The van der Waals surface area contributed by atoms with Gasteiger partial charge in [0.2, 0.25) is 0 Å². The van der Waals surface area contributed by atoms with Crippen LogP contribution in [-0.4, -0.2) is 11.7 Å². The SMILES string of the molecule is N#Cc1cc(I)cc(F)c1C(=O)CCl. The van der Waals surface area contributed by atoms with Crippen LogP contribution in [-0.2, 0) is 0 Å². The average Bonchev–Trinajstić information content (AvgIpc) is 2.15.